The maximum atomic E-state index is 13.7. The zero-order valence-electron chi connectivity index (χ0n) is 10.8. The summed E-state index contributed by atoms with van der Waals surface area (Å²) in [6.07, 6.45) is 0.969. The van der Waals surface area contributed by atoms with Crippen LogP contribution in [0.25, 0.3) is 10.4 Å². The molecule has 0 aliphatic carbocycles. The summed E-state index contributed by atoms with van der Waals surface area (Å²) in [6.45, 7) is 3.40. The Morgan fingerprint density at radius 1 is 1.05 bits per heavy atom. The fourth-order valence-corrected chi connectivity index (χ4v) is 2.80. The minimum Gasteiger partial charge on any atom is -0.312 e. The van der Waals surface area contributed by atoms with Crippen molar-refractivity contribution in [3.05, 3.63) is 46.3 Å². The van der Waals surface area contributed by atoms with Crippen LogP contribution in [-0.2, 0) is 6.54 Å². The lowest BCUT2D eigenvalue weighted by Crippen LogP contribution is -2.12. The highest BCUT2D eigenvalue weighted by Gasteiger charge is 2.21. The number of nitrogens with one attached hydrogen (secondary N) is 1. The minimum absolute atomic E-state index is 0.173. The van der Waals surface area contributed by atoms with Crippen LogP contribution in [0.4, 0.5) is 17.6 Å². The van der Waals surface area contributed by atoms with Gasteiger partial charge in [-0.3, -0.25) is 0 Å². The summed E-state index contributed by atoms with van der Waals surface area (Å²) in [7, 11) is 0. The first kappa shape index (κ1) is 15.0. The van der Waals surface area contributed by atoms with Gasteiger partial charge in [-0.25, -0.2) is 17.6 Å². The second kappa shape index (κ2) is 6.37. The summed E-state index contributed by atoms with van der Waals surface area (Å²) in [5.74, 6) is -5.51. The lowest BCUT2D eigenvalue weighted by atomic mass is 10.1. The van der Waals surface area contributed by atoms with Gasteiger partial charge in [0.15, 0.2) is 23.3 Å². The van der Waals surface area contributed by atoms with Crippen LogP contribution in [0.3, 0.4) is 0 Å². The number of halogens is 4. The van der Waals surface area contributed by atoms with Gasteiger partial charge in [-0.1, -0.05) is 6.92 Å². The Morgan fingerprint density at radius 3 is 2.30 bits per heavy atom. The Hall–Kier alpha value is -1.40. The van der Waals surface area contributed by atoms with Crippen molar-refractivity contribution < 1.29 is 17.6 Å². The minimum atomic E-state index is -1.39. The van der Waals surface area contributed by atoms with E-state index in [1.807, 2.05) is 6.92 Å². The van der Waals surface area contributed by atoms with Gasteiger partial charge in [0.2, 0.25) is 0 Å². The number of rotatable bonds is 5. The van der Waals surface area contributed by atoms with Crippen LogP contribution in [0.2, 0.25) is 0 Å². The molecule has 0 bridgehead atoms. The molecule has 2 aromatic rings. The number of hydrogen-bond acceptors (Lipinski definition) is 2. The van der Waals surface area contributed by atoms with Crippen LogP contribution in [-0.4, -0.2) is 6.54 Å². The molecule has 0 radical (unpaired) electrons. The Labute approximate surface area is 118 Å². The molecule has 1 aromatic carbocycles. The van der Waals surface area contributed by atoms with E-state index in [1.165, 1.54) is 6.07 Å². The van der Waals surface area contributed by atoms with Gasteiger partial charge in [0.1, 0.15) is 0 Å². The first-order valence-corrected chi connectivity index (χ1v) is 6.99. The normalized spacial score (nSPS) is 11.1. The van der Waals surface area contributed by atoms with Crippen LogP contribution < -0.4 is 5.32 Å². The zero-order valence-corrected chi connectivity index (χ0v) is 11.6. The fraction of sp³-hybridized carbons (Fsp3) is 0.286. The van der Waals surface area contributed by atoms with E-state index in [1.54, 1.807) is 6.07 Å². The molecule has 0 fully saturated rings. The van der Waals surface area contributed by atoms with Crippen molar-refractivity contribution in [1.82, 2.24) is 5.32 Å². The molecule has 6 heteroatoms. The molecule has 1 aromatic heterocycles. The maximum absolute atomic E-state index is 13.7. The zero-order chi connectivity index (χ0) is 14.7. The smallest absolute Gasteiger partial charge is 0.170 e. The summed E-state index contributed by atoms with van der Waals surface area (Å²) in [5, 5.41) is 3.14. The van der Waals surface area contributed by atoms with Crippen LogP contribution in [0, 0.1) is 23.3 Å². The molecule has 2 rings (SSSR count). The first-order chi connectivity index (χ1) is 9.54. The van der Waals surface area contributed by atoms with E-state index in [4.69, 9.17) is 0 Å². The van der Waals surface area contributed by atoms with Gasteiger partial charge in [0, 0.05) is 22.4 Å². The van der Waals surface area contributed by atoms with Crippen molar-refractivity contribution in [3.63, 3.8) is 0 Å². The highest BCUT2D eigenvalue weighted by molar-refractivity contribution is 7.15. The predicted octanol–water partition coefficient (Wildman–Crippen LogP) is 4.47. The van der Waals surface area contributed by atoms with Crippen molar-refractivity contribution in [2.45, 2.75) is 19.9 Å². The molecule has 0 unspecified atom stereocenters. The third-order valence-corrected chi connectivity index (χ3v) is 3.85. The Morgan fingerprint density at radius 2 is 1.70 bits per heavy atom. The van der Waals surface area contributed by atoms with Crippen LogP contribution in [0.15, 0.2) is 18.2 Å². The lowest BCUT2D eigenvalue weighted by Gasteiger charge is -2.04. The van der Waals surface area contributed by atoms with Gasteiger partial charge >= 0.3 is 0 Å². The molecule has 1 N–H and O–H groups in total. The molecule has 20 heavy (non-hydrogen) atoms. The number of benzene rings is 1. The molecule has 1 nitrogen and oxygen atoms in total. The molecule has 0 saturated heterocycles. The van der Waals surface area contributed by atoms with Crippen LogP contribution in [0.1, 0.15) is 18.2 Å². The molecule has 108 valence electrons. The molecule has 0 aliphatic rings. The second-order valence-corrected chi connectivity index (χ2v) is 5.45. The third kappa shape index (κ3) is 3.02. The summed E-state index contributed by atoms with van der Waals surface area (Å²) < 4.78 is 53.6. The summed E-state index contributed by atoms with van der Waals surface area (Å²) >= 11 is 1.11. The molecule has 0 aliphatic heterocycles. The van der Waals surface area contributed by atoms with E-state index in [0.717, 1.165) is 29.2 Å². The predicted molar refractivity (Wildman–Crippen MR) is 71.6 cm³/mol. The van der Waals surface area contributed by atoms with E-state index < -0.39 is 28.8 Å². The van der Waals surface area contributed by atoms with Gasteiger partial charge in [-0.05, 0) is 25.1 Å². The monoisotopic (exact) mass is 303 g/mol. The molecule has 1 heterocycles. The van der Waals surface area contributed by atoms with Crippen LogP contribution in [0.5, 0.6) is 0 Å². The van der Waals surface area contributed by atoms with Gasteiger partial charge in [-0.2, -0.15) is 0 Å². The maximum Gasteiger partial charge on any atom is 0.170 e. The second-order valence-electron chi connectivity index (χ2n) is 4.29. The van der Waals surface area contributed by atoms with Crippen molar-refractivity contribution in [2.24, 2.45) is 0 Å². The fourth-order valence-electron chi connectivity index (χ4n) is 1.79. The standard InChI is InChI=1S/C14H13F4NS/c1-2-5-19-7-8-3-4-11(20-8)12-13(17)9(15)6-10(16)14(12)18/h3-4,6,19H,2,5,7H2,1H3. The highest BCUT2D eigenvalue weighted by Crippen LogP contribution is 2.34. The lowest BCUT2D eigenvalue weighted by molar-refractivity contribution is 0.458. The van der Waals surface area contributed by atoms with E-state index in [-0.39, 0.29) is 10.9 Å². The topological polar surface area (TPSA) is 12.0 Å². The number of hydrogen-bond donors (Lipinski definition) is 1. The molecule has 0 atom stereocenters. The van der Waals surface area contributed by atoms with E-state index in [0.29, 0.717) is 6.54 Å². The van der Waals surface area contributed by atoms with E-state index in [9.17, 15) is 17.6 Å². The van der Waals surface area contributed by atoms with Gasteiger partial charge in [0.25, 0.3) is 0 Å². The quantitative estimate of drug-likeness (QED) is 0.488. The number of thiophene rings is 1. The average molecular weight is 303 g/mol. The average Bonchev–Trinajstić information content (AvgIpc) is 2.86. The van der Waals surface area contributed by atoms with Crippen molar-refractivity contribution >= 4 is 11.3 Å². The van der Waals surface area contributed by atoms with Crippen molar-refractivity contribution in [2.75, 3.05) is 6.54 Å². The van der Waals surface area contributed by atoms with Gasteiger partial charge in [0.05, 0.1) is 5.56 Å². The largest absolute Gasteiger partial charge is 0.312 e. The Balaban J connectivity index is 2.33. The summed E-state index contributed by atoms with van der Waals surface area (Å²) in [6, 6.07) is 3.36. The Bertz CT molecular complexity index is 583. The van der Waals surface area contributed by atoms with Gasteiger partial charge in [-0.15, -0.1) is 11.3 Å². The molecule has 0 amide bonds. The summed E-state index contributed by atoms with van der Waals surface area (Å²) in [4.78, 5) is 1.02. The summed E-state index contributed by atoms with van der Waals surface area (Å²) in [5.41, 5.74) is -0.644. The third-order valence-electron chi connectivity index (χ3n) is 2.75. The Kier molecular flexibility index (Phi) is 4.77. The van der Waals surface area contributed by atoms with E-state index >= 15 is 0 Å². The SMILES string of the molecule is CCCNCc1ccc(-c2c(F)c(F)cc(F)c2F)s1. The molecule has 0 saturated carbocycles. The highest BCUT2D eigenvalue weighted by atomic mass is 32.1. The molecule has 0 spiro atoms. The van der Waals surface area contributed by atoms with Crippen LogP contribution >= 0.6 is 11.3 Å². The van der Waals surface area contributed by atoms with Gasteiger partial charge < -0.3 is 5.32 Å². The molecular weight excluding hydrogens is 290 g/mol. The van der Waals surface area contributed by atoms with Crippen molar-refractivity contribution in [3.8, 4) is 10.4 Å². The molecular formula is C14H13F4NS. The van der Waals surface area contributed by atoms with E-state index in [2.05, 4.69) is 5.32 Å². The van der Waals surface area contributed by atoms with Crippen molar-refractivity contribution in [1.29, 1.82) is 0 Å². The first-order valence-electron chi connectivity index (χ1n) is 6.17.